The fourth-order valence-corrected chi connectivity index (χ4v) is 5.52. The quantitative estimate of drug-likeness (QED) is 0.482. The topological polar surface area (TPSA) is 74.1 Å². The molecular formula is C27H29N3O2S. The molecule has 0 saturated carbocycles. The van der Waals surface area contributed by atoms with Gasteiger partial charge in [-0.3, -0.25) is 4.79 Å². The van der Waals surface area contributed by atoms with E-state index in [1.165, 1.54) is 0 Å². The van der Waals surface area contributed by atoms with Crippen LogP contribution in [0.3, 0.4) is 0 Å². The fraction of sp³-hybridized carbons (Fsp3) is 0.333. The molecule has 0 bridgehead atoms. The summed E-state index contributed by atoms with van der Waals surface area (Å²) in [5.41, 5.74) is 2.75. The minimum absolute atomic E-state index is 0.0482. The minimum atomic E-state index is -0.0889. The molecule has 170 valence electrons. The number of nitriles is 1. The van der Waals surface area contributed by atoms with Crippen LogP contribution in [0, 0.1) is 11.3 Å². The van der Waals surface area contributed by atoms with E-state index in [1.807, 2.05) is 41.1 Å². The lowest BCUT2D eigenvalue weighted by Crippen LogP contribution is -2.62. The van der Waals surface area contributed by atoms with E-state index in [0.717, 1.165) is 24.0 Å². The van der Waals surface area contributed by atoms with Gasteiger partial charge in [0.25, 0.3) is 5.91 Å². The lowest BCUT2D eigenvalue weighted by molar-refractivity contribution is 0.0873. The zero-order chi connectivity index (χ0) is 23.6. The molecule has 0 aliphatic carbocycles. The van der Waals surface area contributed by atoms with E-state index in [0.29, 0.717) is 22.6 Å². The first kappa shape index (κ1) is 23.0. The Morgan fingerprint density at radius 3 is 2.48 bits per heavy atom. The normalized spacial score (nSPS) is 17.2. The maximum atomic E-state index is 13.2. The van der Waals surface area contributed by atoms with Crippen LogP contribution in [0.1, 0.15) is 56.5 Å². The number of amides is 1. The molecule has 1 fully saturated rings. The van der Waals surface area contributed by atoms with Gasteiger partial charge < -0.3 is 15.4 Å². The third kappa shape index (κ3) is 5.44. The number of hydrogen-bond donors (Lipinski definition) is 2. The SMILES string of the molecule is CC1(C)CC(NC(=O)c2ccc(Oc3ccccc3C#N)c(-c3ccsc3)c2)CC(C)(C)N1. The van der Waals surface area contributed by atoms with Gasteiger partial charge in [-0.05, 0) is 93.3 Å². The molecule has 5 nitrogen and oxygen atoms in total. The number of carbonyl (C=O) groups excluding carboxylic acids is 1. The smallest absolute Gasteiger partial charge is 0.251 e. The lowest BCUT2D eigenvalue weighted by atomic mass is 9.79. The Kier molecular flexibility index (Phi) is 6.29. The van der Waals surface area contributed by atoms with E-state index in [2.05, 4.69) is 44.4 Å². The summed E-state index contributed by atoms with van der Waals surface area (Å²) in [4.78, 5) is 13.2. The summed E-state index contributed by atoms with van der Waals surface area (Å²) in [5, 5.41) is 20.3. The van der Waals surface area contributed by atoms with Gasteiger partial charge in [0.1, 0.15) is 17.6 Å². The van der Waals surface area contributed by atoms with Gasteiger partial charge in [0.15, 0.2) is 0 Å². The van der Waals surface area contributed by atoms with Crippen LogP contribution in [0.5, 0.6) is 11.5 Å². The van der Waals surface area contributed by atoms with Crippen molar-refractivity contribution in [1.82, 2.24) is 10.6 Å². The van der Waals surface area contributed by atoms with Crippen LogP contribution in [-0.2, 0) is 0 Å². The summed E-state index contributed by atoms with van der Waals surface area (Å²) in [6.07, 6.45) is 1.73. The predicted octanol–water partition coefficient (Wildman–Crippen LogP) is 6.12. The first-order valence-corrected chi connectivity index (χ1v) is 12.0. The van der Waals surface area contributed by atoms with Crippen molar-refractivity contribution >= 4 is 17.2 Å². The zero-order valence-electron chi connectivity index (χ0n) is 19.4. The number of hydrogen-bond acceptors (Lipinski definition) is 5. The fourth-order valence-electron chi connectivity index (χ4n) is 4.86. The number of piperidine rings is 1. The lowest BCUT2D eigenvalue weighted by Gasteiger charge is -2.46. The summed E-state index contributed by atoms with van der Waals surface area (Å²) < 4.78 is 6.14. The second kappa shape index (κ2) is 9.01. The molecule has 2 aromatic carbocycles. The van der Waals surface area contributed by atoms with Gasteiger partial charge in [0, 0.05) is 28.2 Å². The molecule has 1 saturated heterocycles. The van der Waals surface area contributed by atoms with Crippen molar-refractivity contribution in [3.8, 4) is 28.7 Å². The van der Waals surface area contributed by atoms with Crippen molar-refractivity contribution in [1.29, 1.82) is 5.26 Å². The Morgan fingerprint density at radius 1 is 1.09 bits per heavy atom. The van der Waals surface area contributed by atoms with E-state index in [1.54, 1.807) is 29.5 Å². The van der Waals surface area contributed by atoms with Crippen LogP contribution < -0.4 is 15.4 Å². The van der Waals surface area contributed by atoms with Gasteiger partial charge in [-0.25, -0.2) is 0 Å². The summed E-state index contributed by atoms with van der Waals surface area (Å²) in [6.45, 7) is 8.69. The van der Waals surface area contributed by atoms with E-state index in [9.17, 15) is 10.1 Å². The van der Waals surface area contributed by atoms with E-state index < -0.39 is 0 Å². The average Bonchev–Trinajstić information content (AvgIpc) is 3.26. The first-order chi connectivity index (χ1) is 15.7. The molecule has 1 aliphatic rings. The summed E-state index contributed by atoms with van der Waals surface area (Å²) >= 11 is 1.58. The highest BCUT2D eigenvalue weighted by atomic mass is 32.1. The van der Waals surface area contributed by atoms with Crippen LogP contribution in [0.2, 0.25) is 0 Å². The second-order valence-corrected chi connectivity index (χ2v) is 10.7. The number of ether oxygens (including phenoxy) is 1. The van der Waals surface area contributed by atoms with Gasteiger partial charge in [-0.2, -0.15) is 16.6 Å². The van der Waals surface area contributed by atoms with Gasteiger partial charge >= 0.3 is 0 Å². The molecule has 1 aliphatic heterocycles. The predicted molar refractivity (Wildman–Crippen MR) is 133 cm³/mol. The Hall–Kier alpha value is -3.14. The molecule has 4 rings (SSSR count). The second-order valence-electron chi connectivity index (χ2n) is 9.90. The van der Waals surface area contributed by atoms with Crippen LogP contribution in [0.15, 0.2) is 59.3 Å². The van der Waals surface area contributed by atoms with Gasteiger partial charge in [0.05, 0.1) is 5.56 Å². The number of nitrogens with zero attached hydrogens (tertiary/aromatic N) is 1. The summed E-state index contributed by atoms with van der Waals surface area (Å²) in [7, 11) is 0. The Bertz CT molecular complexity index is 1180. The molecule has 2 heterocycles. The van der Waals surface area contributed by atoms with Crippen molar-refractivity contribution in [2.45, 2.75) is 57.7 Å². The van der Waals surface area contributed by atoms with Crippen molar-refractivity contribution < 1.29 is 9.53 Å². The Morgan fingerprint density at radius 2 is 1.82 bits per heavy atom. The first-order valence-electron chi connectivity index (χ1n) is 11.1. The number of nitrogens with one attached hydrogen (secondary N) is 2. The molecule has 2 N–H and O–H groups in total. The van der Waals surface area contributed by atoms with Crippen molar-refractivity contribution in [2.75, 3.05) is 0 Å². The summed E-state index contributed by atoms with van der Waals surface area (Å²) in [5.74, 6) is 1.01. The molecule has 0 unspecified atom stereocenters. The van der Waals surface area contributed by atoms with Crippen molar-refractivity contribution in [3.63, 3.8) is 0 Å². The molecule has 0 spiro atoms. The number of thiophene rings is 1. The average molecular weight is 460 g/mol. The van der Waals surface area contributed by atoms with Crippen LogP contribution in [0.4, 0.5) is 0 Å². The van der Waals surface area contributed by atoms with Crippen LogP contribution in [0.25, 0.3) is 11.1 Å². The van der Waals surface area contributed by atoms with Gasteiger partial charge in [-0.15, -0.1) is 0 Å². The highest BCUT2D eigenvalue weighted by Crippen LogP contribution is 2.36. The molecule has 1 amide bonds. The number of para-hydroxylation sites is 1. The number of rotatable bonds is 5. The molecule has 0 radical (unpaired) electrons. The number of benzene rings is 2. The Labute approximate surface area is 199 Å². The van der Waals surface area contributed by atoms with Crippen LogP contribution in [-0.4, -0.2) is 23.0 Å². The van der Waals surface area contributed by atoms with E-state index >= 15 is 0 Å². The number of carbonyl (C=O) groups is 1. The summed E-state index contributed by atoms with van der Waals surface area (Å²) in [6, 6.07) is 16.9. The van der Waals surface area contributed by atoms with Crippen LogP contribution >= 0.6 is 11.3 Å². The molecule has 1 aromatic heterocycles. The largest absolute Gasteiger partial charge is 0.455 e. The molecule has 3 aromatic rings. The minimum Gasteiger partial charge on any atom is -0.455 e. The molecular weight excluding hydrogens is 430 g/mol. The third-order valence-electron chi connectivity index (χ3n) is 5.83. The third-order valence-corrected chi connectivity index (χ3v) is 6.51. The van der Waals surface area contributed by atoms with Crippen molar-refractivity contribution in [2.24, 2.45) is 0 Å². The Balaban J connectivity index is 1.62. The zero-order valence-corrected chi connectivity index (χ0v) is 20.3. The molecule has 0 atom stereocenters. The maximum absolute atomic E-state index is 13.2. The monoisotopic (exact) mass is 459 g/mol. The highest BCUT2D eigenvalue weighted by molar-refractivity contribution is 7.08. The van der Waals surface area contributed by atoms with E-state index in [4.69, 9.17) is 4.74 Å². The maximum Gasteiger partial charge on any atom is 0.251 e. The van der Waals surface area contributed by atoms with Gasteiger partial charge in [0.2, 0.25) is 0 Å². The highest BCUT2D eigenvalue weighted by Gasteiger charge is 2.38. The van der Waals surface area contributed by atoms with Crippen molar-refractivity contribution in [3.05, 3.63) is 70.4 Å². The molecule has 6 heteroatoms. The van der Waals surface area contributed by atoms with E-state index in [-0.39, 0.29) is 23.0 Å². The standard InChI is InChI=1S/C27H29N3O2S/c1-26(2)14-21(15-27(3,4)30-26)29-25(31)18-9-10-24(22(13-18)20-11-12-33-17-20)32-23-8-6-5-7-19(23)16-28/h5-13,17,21,30H,14-15H2,1-4H3,(H,29,31). The van der Waals surface area contributed by atoms with Gasteiger partial charge in [-0.1, -0.05) is 12.1 Å². The molecule has 33 heavy (non-hydrogen) atoms.